The van der Waals surface area contributed by atoms with Gasteiger partial charge in [0.2, 0.25) is 0 Å². The van der Waals surface area contributed by atoms with Crippen LogP contribution in [0.4, 0.5) is 4.79 Å². The molecular formula is C27H27NO4. The maximum atomic E-state index is 13.0. The van der Waals surface area contributed by atoms with Gasteiger partial charge >= 0.3 is 12.1 Å². The number of carbonyl (C=O) groups is 2. The Morgan fingerprint density at radius 3 is 1.91 bits per heavy atom. The van der Waals surface area contributed by atoms with Gasteiger partial charge in [-0.1, -0.05) is 86.6 Å². The van der Waals surface area contributed by atoms with E-state index in [1.807, 2.05) is 72.8 Å². The van der Waals surface area contributed by atoms with Crippen LogP contribution < -0.4 is 0 Å². The van der Waals surface area contributed by atoms with Gasteiger partial charge in [-0.15, -0.1) is 0 Å². The summed E-state index contributed by atoms with van der Waals surface area (Å²) in [5.74, 6) is -0.678. The van der Waals surface area contributed by atoms with E-state index in [4.69, 9.17) is 4.74 Å². The second-order valence-corrected chi connectivity index (χ2v) is 8.41. The van der Waals surface area contributed by atoms with Gasteiger partial charge in [0.15, 0.2) is 0 Å². The Hall–Kier alpha value is -3.60. The zero-order valence-electron chi connectivity index (χ0n) is 18.5. The smallest absolute Gasteiger partial charge is 0.411 e. The van der Waals surface area contributed by atoms with Crippen LogP contribution >= 0.6 is 0 Å². The lowest BCUT2D eigenvalue weighted by molar-refractivity contribution is -0.143. The monoisotopic (exact) mass is 429 g/mol. The zero-order chi connectivity index (χ0) is 22.8. The fourth-order valence-corrected chi connectivity index (χ4v) is 4.51. The molecule has 0 heterocycles. The van der Waals surface area contributed by atoms with Crippen molar-refractivity contribution in [1.29, 1.82) is 0 Å². The third kappa shape index (κ3) is 3.86. The van der Waals surface area contributed by atoms with Gasteiger partial charge in [0.1, 0.15) is 6.04 Å². The highest BCUT2D eigenvalue weighted by molar-refractivity contribution is 5.85. The number of aliphatic carboxylic acids is 1. The number of nitrogens with zero attached hydrogens (tertiary/aromatic N) is 1. The Morgan fingerprint density at radius 2 is 1.44 bits per heavy atom. The number of methoxy groups -OCH3 is 1. The lowest BCUT2D eigenvalue weighted by Gasteiger charge is -2.34. The molecule has 1 aliphatic rings. The quantitative estimate of drug-likeness (QED) is 0.550. The number of benzene rings is 3. The lowest BCUT2D eigenvalue weighted by atomic mass is 9.96. The fraction of sp³-hybridized carbons (Fsp3) is 0.259. The van der Waals surface area contributed by atoms with Crippen molar-refractivity contribution < 1.29 is 19.4 Å². The summed E-state index contributed by atoms with van der Waals surface area (Å²) < 4.78 is 5.10. The van der Waals surface area contributed by atoms with Crippen LogP contribution in [-0.2, 0) is 16.0 Å². The molecule has 4 rings (SSSR count). The van der Waals surface area contributed by atoms with Crippen LogP contribution in [0.3, 0.4) is 0 Å². The molecule has 1 atom stereocenters. The average Bonchev–Trinajstić information content (AvgIpc) is 3.13. The summed E-state index contributed by atoms with van der Waals surface area (Å²) in [6.45, 7) is 4.23. The number of fused-ring (bicyclic) bond motifs is 3. The van der Waals surface area contributed by atoms with Gasteiger partial charge in [-0.25, -0.2) is 9.59 Å². The summed E-state index contributed by atoms with van der Waals surface area (Å²) in [4.78, 5) is 26.9. The number of carboxylic acids is 1. The first-order valence-corrected chi connectivity index (χ1v) is 10.8. The Balaban J connectivity index is 1.78. The number of amides is 1. The minimum Gasteiger partial charge on any atom is -0.480 e. The Kier molecular flexibility index (Phi) is 5.99. The first kappa shape index (κ1) is 21.6. The van der Waals surface area contributed by atoms with Crippen molar-refractivity contribution in [2.45, 2.75) is 38.3 Å². The van der Waals surface area contributed by atoms with E-state index in [-0.39, 0.29) is 6.42 Å². The molecule has 3 aromatic carbocycles. The molecule has 0 fully saturated rings. The molecule has 3 aromatic rings. The van der Waals surface area contributed by atoms with Crippen LogP contribution in [0.1, 0.15) is 48.1 Å². The average molecular weight is 430 g/mol. The number of hydrogen-bond donors (Lipinski definition) is 1. The van der Waals surface area contributed by atoms with Crippen molar-refractivity contribution in [3.8, 4) is 11.1 Å². The van der Waals surface area contributed by atoms with E-state index in [1.54, 1.807) is 0 Å². The van der Waals surface area contributed by atoms with Crippen molar-refractivity contribution in [3.63, 3.8) is 0 Å². The molecule has 0 bridgehead atoms. The summed E-state index contributed by atoms with van der Waals surface area (Å²) in [5, 5.41) is 10.2. The minimum absolute atomic E-state index is 0.184. The van der Waals surface area contributed by atoms with Crippen molar-refractivity contribution in [2.24, 2.45) is 0 Å². The molecule has 0 radical (unpaired) electrons. The molecule has 0 saturated heterocycles. The summed E-state index contributed by atoms with van der Waals surface area (Å²) >= 11 is 0. The maximum Gasteiger partial charge on any atom is 0.411 e. The van der Waals surface area contributed by atoms with Crippen molar-refractivity contribution in [3.05, 3.63) is 95.1 Å². The van der Waals surface area contributed by atoms with E-state index in [2.05, 4.69) is 13.8 Å². The van der Waals surface area contributed by atoms with Crippen molar-refractivity contribution in [2.75, 3.05) is 7.11 Å². The molecule has 164 valence electrons. The maximum absolute atomic E-state index is 13.0. The van der Waals surface area contributed by atoms with Gasteiger partial charge in [0.05, 0.1) is 13.2 Å². The molecule has 0 spiro atoms. The predicted octanol–water partition coefficient (Wildman–Crippen LogP) is 5.64. The molecule has 0 unspecified atom stereocenters. The van der Waals surface area contributed by atoms with E-state index in [1.165, 1.54) is 17.6 Å². The Morgan fingerprint density at radius 1 is 0.906 bits per heavy atom. The highest BCUT2D eigenvalue weighted by Gasteiger charge is 2.42. The largest absolute Gasteiger partial charge is 0.480 e. The van der Waals surface area contributed by atoms with Crippen molar-refractivity contribution >= 4 is 12.1 Å². The van der Waals surface area contributed by atoms with Gasteiger partial charge < -0.3 is 9.84 Å². The third-order valence-corrected chi connectivity index (χ3v) is 6.16. The number of carbonyl (C=O) groups excluding carboxylic acids is 1. The molecule has 0 aliphatic heterocycles. The number of hydrogen-bond acceptors (Lipinski definition) is 3. The second-order valence-electron chi connectivity index (χ2n) is 8.41. The normalized spacial score (nSPS) is 13.4. The molecule has 1 N–H and O–H groups in total. The van der Waals surface area contributed by atoms with Crippen molar-refractivity contribution in [1.82, 2.24) is 4.90 Å². The summed E-state index contributed by atoms with van der Waals surface area (Å²) in [7, 11) is 1.29. The van der Waals surface area contributed by atoms with Crippen LogP contribution in [0.15, 0.2) is 72.8 Å². The van der Waals surface area contributed by atoms with Crippen LogP contribution in [0.5, 0.6) is 0 Å². The highest BCUT2D eigenvalue weighted by Crippen LogP contribution is 2.47. The van der Waals surface area contributed by atoms with Crippen LogP contribution in [0.25, 0.3) is 11.1 Å². The highest BCUT2D eigenvalue weighted by atomic mass is 16.5. The van der Waals surface area contributed by atoms with Gasteiger partial charge in [0.25, 0.3) is 0 Å². The van der Waals surface area contributed by atoms with Gasteiger partial charge in [-0.3, -0.25) is 4.90 Å². The topological polar surface area (TPSA) is 66.8 Å². The van der Waals surface area contributed by atoms with E-state index < -0.39 is 24.1 Å². The lowest BCUT2D eigenvalue weighted by Crippen LogP contribution is -2.48. The van der Waals surface area contributed by atoms with Gasteiger partial charge in [-0.2, -0.15) is 0 Å². The molecule has 32 heavy (non-hydrogen) atoms. The van der Waals surface area contributed by atoms with Crippen LogP contribution in [0.2, 0.25) is 0 Å². The molecule has 5 heteroatoms. The molecular weight excluding hydrogens is 402 g/mol. The fourth-order valence-electron chi connectivity index (χ4n) is 4.51. The summed E-state index contributed by atoms with van der Waals surface area (Å²) in [6.07, 6.45) is -0.475. The number of rotatable bonds is 6. The predicted molar refractivity (Wildman–Crippen MR) is 124 cm³/mol. The SMILES string of the molecule is COC(=O)N(C1c2ccccc2-c2ccccc21)[C@@H](Cc1ccc(C(C)C)cc1)C(=O)O. The van der Waals surface area contributed by atoms with E-state index >= 15 is 0 Å². The number of carboxylic acid groups (broad SMARTS) is 1. The molecule has 5 nitrogen and oxygen atoms in total. The summed E-state index contributed by atoms with van der Waals surface area (Å²) in [6, 6.07) is 21.9. The zero-order valence-corrected chi connectivity index (χ0v) is 18.5. The molecule has 1 amide bonds. The van der Waals surface area contributed by atoms with Crippen LogP contribution in [-0.4, -0.2) is 35.2 Å². The Bertz CT molecular complexity index is 1090. The third-order valence-electron chi connectivity index (χ3n) is 6.16. The van der Waals surface area contributed by atoms with E-state index in [9.17, 15) is 14.7 Å². The number of ether oxygens (including phenoxy) is 1. The molecule has 1 aliphatic carbocycles. The molecule has 0 aromatic heterocycles. The summed E-state index contributed by atoms with van der Waals surface area (Å²) in [5.41, 5.74) is 5.86. The molecule has 0 saturated carbocycles. The van der Waals surface area contributed by atoms with E-state index in [0.29, 0.717) is 5.92 Å². The van der Waals surface area contributed by atoms with E-state index in [0.717, 1.165) is 27.8 Å². The van der Waals surface area contributed by atoms with Gasteiger partial charge in [0, 0.05) is 6.42 Å². The second kappa shape index (κ2) is 8.87. The first-order chi connectivity index (χ1) is 15.4. The first-order valence-electron chi connectivity index (χ1n) is 10.8. The minimum atomic E-state index is -1.09. The standard InChI is InChI=1S/C27H27NO4/c1-17(2)19-14-12-18(13-15-19)16-24(26(29)30)28(27(31)32-3)25-22-10-6-4-8-20(22)21-9-5-7-11-23(21)25/h4-15,17,24-25H,16H2,1-3H3,(H,29,30)/t24-/m0/s1. The van der Waals surface area contributed by atoms with Crippen LogP contribution in [0, 0.1) is 0 Å². The van der Waals surface area contributed by atoms with Gasteiger partial charge in [-0.05, 0) is 39.3 Å². The Labute approximate surface area is 188 Å².